The van der Waals surface area contributed by atoms with E-state index in [9.17, 15) is 9.59 Å². The molecule has 0 radical (unpaired) electrons. The summed E-state index contributed by atoms with van der Waals surface area (Å²) in [7, 11) is 0. The van der Waals surface area contributed by atoms with Crippen LogP contribution in [-0.2, 0) is 9.53 Å². The Hall–Kier alpha value is -2.40. The van der Waals surface area contributed by atoms with Crippen molar-refractivity contribution < 1.29 is 19.1 Å². The molecule has 0 aliphatic rings. The number of halogens is 1. The van der Waals surface area contributed by atoms with Crippen LogP contribution < -0.4 is 4.74 Å². The number of ketones is 1. The molecule has 2 rings (SSSR count). The Bertz CT molecular complexity index is 748. The van der Waals surface area contributed by atoms with Gasteiger partial charge in [0.15, 0.2) is 5.78 Å². The molecule has 0 aliphatic heterocycles. The van der Waals surface area contributed by atoms with Gasteiger partial charge in [-0.2, -0.15) is 0 Å². The van der Waals surface area contributed by atoms with E-state index in [1.807, 2.05) is 12.1 Å². The molecule has 5 heteroatoms. The number of carbonyl (C=O) groups excluding carboxylic acids is 2. The summed E-state index contributed by atoms with van der Waals surface area (Å²) >= 11 is 3.34. The van der Waals surface area contributed by atoms with Gasteiger partial charge in [-0.25, -0.2) is 4.79 Å². The number of hydrogen-bond acceptors (Lipinski definition) is 4. The summed E-state index contributed by atoms with van der Waals surface area (Å²) in [4.78, 5) is 23.8. The van der Waals surface area contributed by atoms with Gasteiger partial charge in [0, 0.05) is 28.1 Å². The van der Waals surface area contributed by atoms with Gasteiger partial charge in [0.1, 0.15) is 5.75 Å². The van der Waals surface area contributed by atoms with Crippen molar-refractivity contribution in [1.82, 2.24) is 0 Å². The molecular formula is C19H17BrO4. The van der Waals surface area contributed by atoms with Crippen LogP contribution in [0.2, 0.25) is 0 Å². The van der Waals surface area contributed by atoms with Crippen molar-refractivity contribution in [1.29, 1.82) is 0 Å². The van der Waals surface area contributed by atoms with Crippen LogP contribution in [0.5, 0.6) is 5.75 Å². The fraction of sp³-hybridized carbons (Fsp3) is 0.158. The third-order valence-electron chi connectivity index (χ3n) is 3.15. The van der Waals surface area contributed by atoms with Crippen LogP contribution in [0.3, 0.4) is 0 Å². The monoisotopic (exact) mass is 388 g/mol. The van der Waals surface area contributed by atoms with E-state index in [0.29, 0.717) is 22.4 Å². The van der Waals surface area contributed by atoms with Gasteiger partial charge in [0.2, 0.25) is 6.29 Å². The third kappa shape index (κ3) is 4.80. The molecule has 0 spiro atoms. The maximum absolute atomic E-state index is 12.4. The molecule has 0 bridgehead atoms. The minimum atomic E-state index is -0.748. The van der Waals surface area contributed by atoms with E-state index in [1.165, 1.54) is 0 Å². The van der Waals surface area contributed by atoms with Gasteiger partial charge < -0.3 is 9.47 Å². The van der Waals surface area contributed by atoms with E-state index in [2.05, 4.69) is 22.5 Å². The summed E-state index contributed by atoms with van der Waals surface area (Å²) in [5, 5.41) is 0. The Balaban J connectivity index is 2.02. The standard InChI is InChI=1S/C19H17BrO4/c1-12(2)19(22)24-13(3)23-17-10-6-15(7-11-17)18(21)14-4-8-16(20)9-5-14/h4-11,13H,1H2,2-3H3. The summed E-state index contributed by atoms with van der Waals surface area (Å²) in [6.07, 6.45) is -0.748. The van der Waals surface area contributed by atoms with E-state index < -0.39 is 12.3 Å². The van der Waals surface area contributed by atoms with E-state index in [1.54, 1.807) is 50.2 Å². The van der Waals surface area contributed by atoms with E-state index in [0.717, 1.165) is 4.47 Å². The van der Waals surface area contributed by atoms with E-state index in [4.69, 9.17) is 9.47 Å². The average Bonchev–Trinajstić information content (AvgIpc) is 2.55. The van der Waals surface area contributed by atoms with Crippen LogP contribution in [0.15, 0.2) is 65.2 Å². The molecule has 0 aromatic heterocycles. The minimum absolute atomic E-state index is 0.0733. The lowest BCUT2D eigenvalue weighted by Crippen LogP contribution is -2.21. The SMILES string of the molecule is C=C(C)C(=O)OC(C)Oc1ccc(C(=O)c2ccc(Br)cc2)cc1. The molecule has 124 valence electrons. The fourth-order valence-electron chi connectivity index (χ4n) is 1.92. The maximum atomic E-state index is 12.4. The number of hydrogen-bond donors (Lipinski definition) is 0. The summed E-state index contributed by atoms with van der Waals surface area (Å²) in [5.74, 6) is -0.0790. The first kappa shape index (κ1) is 17.9. The Morgan fingerprint density at radius 1 is 1.00 bits per heavy atom. The Labute approximate surface area is 149 Å². The second-order valence-corrected chi connectivity index (χ2v) is 6.15. The highest BCUT2D eigenvalue weighted by atomic mass is 79.9. The zero-order chi connectivity index (χ0) is 17.7. The smallest absolute Gasteiger partial charge is 0.336 e. The largest absolute Gasteiger partial charge is 0.455 e. The predicted octanol–water partition coefficient (Wildman–Crippen LogP) is 4.52. The van der Waals surface area contributed by atoms with Gasteiger partial charge in [-0.15, -0.1) is 0 Å². The Morgan fingerprint density at radius 3 is 2.00 bits per heavy atom. The molecule has 4 nitrogen and oxygen atoms in total. The molecule has 0 N–H and O–H groups in total. The number of esters is 1. The van der Waals surface area contributed by atoms with Crippen molar-refractivity contribution >= 4 is 27.7 Å². The van der Waals surface area contributed by atoms with Gasteiger partial charge in [-0.05, 0) is 55.5 Å². The first-order valence-electron chi connectivity index (χ1n) is 7.30. The normalized spacial score (nSPS) is 11.5. The zero-order valence-corrected chi connectivity index (χ0v) is 15.0. The Kier molecular flexibility index (Phi) is 5.93. The van der Waals surface area contributed by atoms with Crippen LogP contribution in [0, 0.1) is 0 Å². The zero-order valence-electron chi connectivity index (χ0n) is 13.4. The molecule has 1 atom stereocenters. The maximum Gasteiger partial charge on any atom is 0.336 e. The second-order valence-electron chi connectivity index (χ2n) is 5.23. The molecule has 0 aliphatic carbocycles. The van der Waals surface area contributed by atoms with Crippen LogP contribution in [0.25, 0.3) is 0 Å². The lowest BCUT2D eigenvalue weighted by Gasteiger charge is -2.15. The number of rotatable bonds is 6. The number of carbonyl (C=O) groups is 2. The molecule has 0 saturated carbocycles. The van der Waals surface area contributed by atoms with Crippen LogP contribution in [-0.4, -0.2) is 18.0 Å². The van der Waals surface area contributed by atoms with Crippen LogP contribution >= 0.6 is 15.9 Å². The van der Waals surface area contributed by atoms with Crippen molar-refractivity contribution in [3.63, 3.8) is 0 Å². The van der Waals surface area contributed by atoms with Crippen molar-refractivity contribution in [3.8, 4) is 5.75 Å². The van der Waals surface area contributed by atoms with Crippen molar-refractivity contribution in [2.45, 2.75) is 20.1 Å². The third-order valence-corrected chi connectivity index (χ3v) is 3.68. The molecule has 2 aromatic rings. The van der Waals surface area contributed by atoms with Crippen molar-refractivity contribution in [2.75, 3.05) is 0 Å². The van der Waals surface area contributed by atoms with Crippen molar-refractivity contribution in [2.24, 2.45) is 0 Å². The molecular weight excluding hydrogens is 372 g/mol. The van der Waals surface area contributed by atoms with Gasteiger partial charge >= 0.3 is 5.97 Å². The highest BCUT2D eigenvalue weighted by Gasteiger charge is 2.12. The van der Waals surface area contributed by atoms with Gasteiger partial charge in [-0.1, -0.05) is 22.5 Å². The quantitative estimate of drug-likeness (QED) is 0.315. The highest BCUT2D eigenvalue weighted by molar-refractivity contribution is 9.10. The number of ether oxygens (including phenoxy) is 2. The number of benzene rings is 2. The molecule has 2 aromatic carbocycles. The summed E-state index contributed by atoms with van der Waals surface area (Å²) in [6, 6.07) is 13.8. The Morgan fingerprint density at radius 2 is 1.50 bits per heavy atom. The second kappa shape index (κ2) is 7.93. The molecule has 1 unspecified atom stereocenters. The van der Waals surface area contributed by atoms with Gasteiger partial charge in [-0.3, -0.25) is 4.79 Å². The minimum Gasteiger partial charge on any atom is -0.455 e. The lowest BCUT2D eigenvalue weighted by atomic mass is 10.0. The first-order valence-corrected chi connectivity index (χ1v) is 8.09. The highest BCUT2D eigenvalue weighted by Crippen LogP contribution is 2.18. The summed E-state index contributed by atoms with van der Waals surface area (Å²) in [5.41, 5.74) is 1.47. The molecule has 0 fully saturated rings. The van der Waals surface area contributed by atoms with E-state index in [-0.39, 0.29) is 5.78 Å². The van der Waals surface area contributed by atoms with Crippen LogP contribution in [0.1, 0.15) is 29.8 Å². The average molecular weight is 389 g/mol. The summed E-state index contributed by atoms with van der Waals surface area (Å²) < 4.78 is 11.4. The van der Waals surface area contributed by atoms with Crippen LogP contribution in [0.4, 0.5) is 0 Å². The fourth-order valence-corrected chi connectivity index (χ4v) is 2.18. The predicted molar refractivity (Wildman–Crippen MR) is 95.0 cm³/mol. The molecule has 24 heavy (non-hydrogen) atoms. The van der Waals surface area contributed by atoms with Gasteiger partial charge in [0.25, 0.3) is 0 Å². The van der Waals surface area contributed by atoms with Gasteiger partial charge in [0.05, 0.1) is 0 Å². The molecule has 0 saturated heterocycles. The lowest BCUT2D eigenvalue weighted by molar-refractivity contribution is -0.156. The topological polar surface area (TPSA) is 52.6 Å². The first-order chi connectivity index (χ1) is 11.4. The van der Waals surface area contributed by atoms with E-state index >= 15 is 0 Å². The molecule has 0 amide bonds. The van der Waals surface area contributed by atoms with Crippen molar-refractivity contribution in [3.05, 3.63) is 76.3 Å². The molecule has 0 heterocycles. The summed E-state index contributed by atoms with van der Waals surface area (Å²) in [6.45, 7) is 6.69.